The average Bonchev–Trinajstić information content (AvgIpc) is 3.47. The number of hydrogen-bond acceptors (Lipinski definition) is 6. The molecule has 2 fully saturated rings. The molecular formula is C26H27N5O3. The van der Waals surface area contributed by atoms with Crippen molar-refractivity contribution in [2.75, 3.05) is 31.1 Å². The molecule has 1 aromatic carbocycles. The summed E-state index contributed by atoms with van der Waals surface area (Å²) < 4.78 is 7.34. The lowest BCUT2D eigenvalue weighted by atomic mass is 9.82. The summed E-state index contributed by atoms with van der Waals surface area (Å²) in [7, 11) is 0. The lowest BCUT2D eigenvalue weighted by Crippen LogP contribution is -2.46. The fraction of sp³-hybridized carbons (Fsp3) is 0.346. The van der Waals surface area contributed by atoms with E-state index in [-0.39, 0.29) is 5.69 Å². The minimum atomic E-state index is -1.02. The van der Waals surface area contributed by atoms with Crippen LogP contribution in [0.5, 0.6) is 0 Å². The van der Waals surface area contributed by atoms with E-state index in [2.05, 4.69) is 14.8 Å². The number of carbonyl (C=O) groups is 1. The van der Waals surface area contributed by atoms with Gasteiger partial charge in [-0.15, -0.1) is 0 Å². The Morgan fingerprint density at radius 1 is 1.06 bits per heavy atom. The fourth-order valence-corrected chi connectivity index (χ4v) is 4.97. The number of para-hydroxylation sites is 1. The van der Waals surface area contributed by atoms with E-state index in [1.165, 1.54) is 6.42 Å². The van der Waals surface area contributed by atoms with Gasteiger partial charge in [0.2, 0.25) is 0 Å². The van der Waals surface area contributed by atoms with Crippen LogP contribution in [0.3, 0.4) is 0 Å². The van der Waals surface area contributed by atoms with Gasteiger partial charge in [-0.1, -0.05) is 24.6 Å². The average molecular weight is 458 g/mol. The van der Waals surface area contributed by atoms with Crippen LogP contribution in [0, 0.1) is 0 Å². The molecule has 0 radical (unpaired) electrons. The largest absolute Gasteiger partial charge is 0.477 e. The number of benzene rings is 1. The monoisotopic (exact) mass is 457 g/mol. The highest BCUT2D eigenvalue weighted by Gasteiger charge is 2.31. The molecule has 34 heavy (non-hydrogen) atoms. The summed E-state index contributed by atoms with van der Waals surface area (Å²) in [6.45, 7) is 4.14. The number of carboxylic acids is 1. The maximum atomic E-state index is 12.0. The highest BCUT2D eigenvalue weighted by molar-refractivity contribution is 5.98. The van der Waals surface area contributed by atoms with Crippen molar-refractivity contribution in [3.8, 4) is 5.69 Å². The van der Waals surface area contributed by atoms with Gasteiger partial charge in [0.1, 0.15) is 5.76 Å². The fourth-order valence-electron chi connectivity index (χ4n) is 4.97. The molecule has 3 aromatic heterocycles. The molecule has 1 saturated carbocycles. The van der Waals surface area contributed by atoms with Gasteiger partial charge in [0, 0.05) is 32.1 Å². The van der Waals surface area contributed by atoms with E-state index in [4.69, 9.17) is 9.52 Å². The van der Waals surface area contributed by atoms with Crippen LogP contribution in [0.2, 0.25) is 0 Å². The second kappa shape index (κ2) is 8.61. The number of piperazine rings is 1. The number of nitrogens with zero attached hydrogens (tertiary/aromatic N) is 5. The first-order chi connectivity index (χ1) is 16.7. The molecule has 4 aromatic rings. The van der Waals surface area contributed by atoms with Gasteiger partial charge in [0.05, 0.1) is 35.3 Å². The maximum Gasteiger partial charge on any atom is 0.354 e. The highest BCUT2D eigenvalue weighted by Crippen LogP contribution is 2.42. The molecule has 1 aliphatic heterocycles. The van der Waals surface area contributed by atoms with Gasteiger partial charge in [-0.3, -0.25) is 4.90 Å². The molecule has 0 atom stereocenters. The van der Waals surface area contributed by atoms with Gasteiger partial charge in [0.25, 0.3) is 0 Å². The number of fused-ring (bicyclic) bond motifs is 1. The molecule has 1 N–H and O–H groups in total. The van der Waals surface area contributed by atoms with Crippen LogP contribution >= 0.6 is 0 Å². The zero-order valence-electron chi connectivity index (χ0n) is 18.9. The van der Waals surface area contributed by atoms with E-state index in [1.54, 1.807) is 12.3 Å². The summed E-state index contributed by atoms with van der Waals surface area (Å²) >= 11 is 0. The Balaban J connectivity index is 1.42. The molecule has 4 heterocycles. The highest BCUT2D eigenvalue weighted by atomic mass is 16.4. The van der Waals surface area contributed by atoms with Crippen molar-refractivity contribution < 1.29 is 14.3 Å². The molecule has 0 amide bonds. The molecule has 0 bridgehead atoms. The topological polar surface area (TPSA) is 87.6 Å². The molecule has 8 nitrogen and oxygen atoms in total. The van der Waals surface area contributed by atoms with Crippen molar-refractivity contribution in [3.63, 3.8) is 0 Å². The number of carboxylic acid groups (broad SMARTS) is 1. The van der Waals surface area contributed by atoms with Crippen molar-refractivity contribution in [1.82, 2.24) is 19.7 Å². The zero-order valence-corrected chi connectivity index (χ0v) is 18.9. The van der Waals surface area contributed by atoms with Crippen molar-refractivity contribution in [2.45, 2.75) is 31.7 Å². The standard InChI is InChI=1S/C26H27N5O3/c32-26(33)21-16-22(30-13-11-29(12-14-30)17-20-10-5-15-34-20)23-24(18-6-4-7-18)28-31(25(23)27-21)19-8-2-1-3-9-19/h1-3,5,8-10,15-16,18H,4,6-7,11-14,17H2,(H,32,33). The number of anilines is 1. The number of furan rings is 1. The van der Waals surface area contributed by atoms with Crippen molar-refractivity contribution in [1.29, 1.82) is 0 Å². The molecule has 174 valence electrons. The van der Waals surface area contributed by atoms with Crippen molar-refractivity contribution in [3.05, 3.63) is 71.9 Å². The van der Waals surface area contributed by atoms with E-state index in [1.807, 2.05) is 47.1 Å². The first kappa shape index (κ1) is 20.9. The predicted octanol–water partition coefficient (Wildman–Crippen LogP) is 4.30. The van der Waals surface area contributed by atoms with E-state index >= 15 is 0 Å². The first-order valence-electron chi connectivity index (χ1n) is 11.9. The molecule has 6 rings (SSSR count). The van der Waals surface area contributed by atoms with Crippen LogP contribution in [0.4, 0.5) is 5.69 Å². The Kier molecular flexibility index (Phi) is 5.30. The van der Waals surface area contributed by atoms with E-state index in [0.29, 0.717) is 11.6 Å². The van der Waals surface area contributed by atoms with Gasteiger partial charge >= 0.3 is 5.97 Å². The Morgan fingerprint density at radius 3 is 2.50 bits per heavy atom. The van der Waals surface area contributed by atoms with Crippen molar-refractivity contribution >= 4 is 22.7 Å². The van der Waals surface area contributed by atoms with Gasteiger partial charge < -0.3 is 14.4 Å². The summed E-state index contributed by atoms with van der Waals surface area (Å²) in [5.74, 6) is 0.332. The molecule has 0 unspecified atom stereocenters. The number of aromatic carboxylic acids is 1. The van der Waals surface area contributed by atoms with Crippen LogP contribution in [0.1, 0.15) is 47.1 Å². The minimum absolute atomic E-state index is 0.0535. The second-order valence-electron chi connectivity index (χ2n) is 9.13. The number of rotatable bonds is 6. The summed E-state index contributed by atoms with van der Waals surface area (Å²) in [4.78, 5) is 21.3. The lowest BCUT2D eigenvalue weighted by molar-refractivity contribution is 0.0691. The normalized spacial score (nSPS) is 17.2. The van der Waals surface area contributed by atoms with E-state index < -0.39 is 5.97 Å². The number of hydrogen-bond donors (Lipinski definition) is 1. The summed E-state index contributed by atoms with van der Waals surface area (Å²) in [5.41, 5.74) is 3.55. The van der Waals surface area contributed by atoms with Crippen LogP contribution in [0.25, 0.3) is 16.7 Å². The van der Waals surface area contributed by atoms with Crippen LogP contribution in [-0.4, -0.2) is 56.9 Å². The predicted molar refractivity (Wildman–Crippen MR) is 129 cm³/mol. The summed E-state index contributed by atoms with van der Waals surface area (Å²) in [5, 5.41) is 15.9. The molecule has 8 heteroatoms. The molecule has 1 saturated heterocycles. The molecular weight excluding hydrogens is 430 g/mol. The molecule has 1 aliphatic carbocycles. The minimum Gasteiger partial charge on any atom is -0.477 e. The zero-order chi connectivity index (χ0) is 23.1. The Hall–Kier alpha value is -3.65. The van der Waals surface area contributed by atoms with Gasteiger partial charge in [0.15, 0.2) is 11.3 Å². The first-order valence-corrected chi connectivity index (χ1v) is 11.9. The smallest absolute Gasteiger partial charge is 0.354 e. The summed E-state index contributed by atoms with van der Waals surface area (Å²) in [6, 6.07) is 15.5. The maximum absolute atomic E-state index is 12.0. The summed E-state index contributed by atoms with van der Waals surface area (Å²) in [6.07, 6.45) is 5.13. The van der Waals surface area contributed by atoms with Crippen LogP contribution in [-0.2, 0) is 6.54 Å². The number of aromatic nitrogens is 3. The third kappa shape index (κ3) is 3.74. The molecule has 2 aliphatic rings. The van der Waals surface area contributed by atoms with E-state index in [9.17, 15) is 9.90 Å². The Morgan fingerprint density at radius 2 is 1.85 bits per heavy atom. The molecule has 0 spiro atoms. The Bertz CT molecular complexity index is 1300. The van der Waals surface area contributed by atoms with Gasteiger partial charge in [-0.05, 0) is 43.2 Å². The number of pyridine rings is 1. The lowest BCUT2D eigenvalue weighted by Gasteiger charge is -2.36. The Labute approximate surface area is 197 Å². The van der Waals surface area contributed by atoms with Crippen LogP contribution in [0.15, 0.2) is 59.2 Å². The van der Waals surface area contributed by atoms with Gasteiger partial charge in [-0.25, -0.2) is 14.5 Å². The van der Waals surface area contributed by atoms with Gasteiger partial charge in [-0.2, -0.15) is 5.10 Å². The SMILES string of the molecule is O=C(O)c1cc(N2CCN(Cc3ccco3)CC2)c2c(C3CCC3)nn(-c3ccccc3)c2n1. The van der Waals surface area contributed by atoms with Crippen LogP contribution < -0.4 is 4.90 Å². The third-order valence-corrected chi connectivity index (χ3v) is 7.03. The quantitative estimate of drug-likeness (QED) is 0.462. The third-order valence-electron chi connectivity index (χ3n) is 7.03. The van der Waals surface area contributed by atoms with E-state index in [0.717, 1.165) is 73.8 Å². The van der Waals surface area contributed by atoms with Crippen molar-refractivity contribution in [2.24, 2.45) is 0 Å². The second-order valence-corrected chi connectivity index (χ2v) is 9.13.